The molecule has 94 valence electrons. The van der Waals surface area contributed by atoms with Crippen molar-refractivity contribution in [1.29, 1.82) is 0 Å². The number of hydrogen-bond acceptors (Lipinski definition) is 3. The van der Waals surface area contributed by atoms with Crippen LogP contribution in [0.1, 0.15) is 25.5 Å². The van der Waals surface area contributed by atoms with E-state index in [0.29, 0.717) is 13.0 Å². The molecule has 1 unspecified atom stereocenters. The van der Waals surface area contributed by atoms with Crippen molar-refractivity contribution in [3.8, 4) is 0 Å². The number of furan rings is 1. The predicted molar refractivity (Wildman–Crippen MR) is 61.5 cm³/mol. The van der Waals surface area contributed by atoms with Crippen LogP contribution in [-0.2, 0) is 16.0 Å². The number of aliphatic carboxylic acids is 1. The first-order valence-corrected chi connectivity index (χ1v) is 5.59. The fourth-order valence-electron chi connectivity index (χ4n) is 1.54. The van der Waals surface area contributed by atoms with Gasteiger partial charge in [0.1, 0.15) is 5.76 Å². The van der Waals surface area contributed by atoms with E-state index in [2.05, 4.69) is 5.32 Å². The first-order chi connectivity index (χ1) is 8.08. The van der Waals surface area contributed by atoms with Crippen LogP contribution in [0.3, 0.4) is 0 Å². The van der Waals surface area contributed by atoms with Gasteiger partial charge in [-0.1, -0.05) is 6.92 Å². The molecule has 1 rings (SSSR count). The molecule has 0 bridgehead atoms. The highest BCUT2D eigenvalue weighted by atomic mass is 16.4. The van der Waals surface area contributed by atoms with Crippen LogP contribution in [0.15, 0.2) is 22.8 Å². The van der Waals surface area contributed by atoms with Crippen molar-refractivity contribution in [2.24, 2.45) is 5.92 Å². The molecule has 1 aromatic heterocycles. The largest absolute Gasteiger partial charge is 0.481 e. The molecule has 5 heteroatoms. The van der Waals surface area contributed by atoms with Crippen LogP contribution in [0.5, 0.6) is 0 Å². The average molecular weight is 239 g/mol. The minimum absolute atomic E-state index is 0.0194. The molecular weight excluding hydrogens is 222 g/mol. The van der Waals surface area contributed by atoms with E-state index < -0.39 is 5.97 Å². The summed E-state index contributed by atoms with van der Waals surface area (Å²) in [6, 6.07) is 3.64. The van der Waals surface area contributed by atoms with E-state index in [1.165, 1.54) is 0 Å². The van der Waals surface area contributed by atoms with Gasteiger partial charge >= 0.3 is 5.97 Å². The average Bonchev–Trinajstić information content (AvgIpc) is 2.68. The lowest BCUT2D eigenvalue weighted by Crippen LogP contribution is -2.27. The minimum atomic E-state index is -0.874. The molecule has 0 fully saturated rings. The molecule has 0 aliphatic rings. The van der Waals surface area contributed by atoms with Crippen molar-refractivity contribution in [3.63, 3.8) is 0 Å². The molecule has 0 saturated heterocycles. The second-order valence-electron chi connectivity index (χ2n) is 4.09. The zero-order valence-corrected chi connectivity index (χ0v) is 9.81. The van der Waals surface area contributed by atoms with Crippen LogP contribution in [0.4, 0.5) is 0 Å². The molecule has 0 aliphatic carbocycles. The van der Waals surface area contributed by atoms with Crippen LogP contribution in [0.2, 0.25) is 0 Å². The molecule has 0 spiro atoms. The zero-order valence-electron chi connectivity index (χ0n) is 9.81. The molecule has 17 heavy (non-hydrogen) atoms. The summed E-state index contributed by atoms with van der Waals surface area (Å²) in [4.78, 5) is 21.8. The quantitative estimate of drug-likeness (QED) is 0.754. The lowest BCUT2D eigenvalue weighted by atomic mass is 10.0. The van der Waals surface area contributed by atoms with Crippen LogP contribution in [-0.4, -0.2) is 23.5 Å². The summed E-state index contributed by atoms with van der Waals surface area (Å²) >= 11 is 0. The lowest BCUT2D eigenvalue weighted by Gasteiger charge is -2.08. The summed E-state index contributed by atoms with van der Waals surface area (Å²) < 4.78 is 5.12. The fourth-order valence-corrected chi connectivity index (χ4v) is 1.54. The molecule has 1 amide bonds. The third-order valence-corrected chi connectivity index (χ3v) is 2.33. The Kier molecular flexibility index (Phi) is 5.26. The van der Waals surface area contributed by atoms with Crippen molar-refractivity contribution in [3.05, 3.63) is 24.2 Å². The van der Waals surface area contributed by atoms with Crippen molar-refractivity contribution in [2.45, 2.75) is 26.2 Å². The van der Waals surface area contributed by atoms with E-state index in [4.69, 9.17) is 9.52 Å². The van der Waals surface area contributed by atoms with Crippen molar-refractivity contribution in [2.75, 3.05) is 6.54 Å². The Morgan fingerprint density at radius 3 is 2.82 bits per heavy atom. The maximum absolute atomic E-state index is 11.4. The number of hydrogen-bond donors (Lipinski definition) is 2. The maximum Gasteiger partial charge on any atom is 0.303 e. The molecule has 1 aromatic rings. The smallest absolute Gasteiger partial charge is 0.303 e. The number of amides is 1. The molecule has 0 aliphatic heterocycles. The molecule has 1 atom stereocenters. The Bertz CT molecular complexity index is 359. The van der Waals surface area contributed by atoms with Crippen molar-refractivity contribution >= 4 is 11.9 Å². The van der Waals surface area contributed by atoms with Crippen LogP contribution in [0.25, 0.3) is 0 Å². The van der Waals surface area contributed by atoms with E-state index in [-0.39, 0.29) is 24.7 Å². The van der Waals surface area contributed by atoms with Crippen LogP contribution in [0, 0.1) is 5.92 Å². The molecule has 0 radical (unpaired) electrons. The third-order valence-electron chi connectivity index (χ3n) is 2.33. The summed E-state index contributed by atoms with van der Waals surface area (Å²) in [5.74, 6) is -0.314. The van der Waals surface area contributed by atoms with E-state index in [1.54, 1.807) is 19.3 Å². The van der Waals surface area contributed by atoms with Gasteiger partial charge in [-0.15, -0.1) is 0 Å². The Labute approximate surface area is 99.8 Å². The molecule has 2 N–H and O–H groups in total. The Hall–Kier alpha value is -1.78. The lowest BCUT2D eigenvalue weighted by molar-refractivity contribution is -0.138. The summed E-state index contributed by atoms with van der Waals surface area (Å²) in [6.45, 7) is 2.26. The highest BCUT2D eigenvalue weighted by molar-refractivity contribution is 5.77. The summed E-state index contributed by atoms with van der Waals surface area (Å²) in [5, 5.41) is 11.3. The monoisotopic (exact) mass is 239 g/mol. The van der Waals surface area contributed by atoms with E-state index in [9.17, 15) is 9.59 Å². The third kappa shape index (κ3) is 5.75. The summed E-state index contributed by atoms with van der Waals surface area (Å²) in [7, 11) is 0. The van der Waals surface area contributed by atoms with Gasteiger partial charge in [-0.3, -0.25) is 9.59 Å². The Morgan fingerprint density at radius 1 is 1.47 bits per heavy atom. The topological polar surface area (TPSA) is 79.5 Å². The predicted octanol–water partition coefficient (Wildman–Crippen LogP) is 1.44. The van der Waals surface area contributed by atoms with E-state index >= 15 is 0 Å². The van der Waals surface area contributed by atoms with Crippen molar-refractivity contribution in [1.82, 2.24) is 5.32 Å². The number of carbonyl (C=O) groups excluding carboxylic acids is 1. The molecular formula is C12H17NO4. The number of carbonyl (C=O) groups is 2. The molecule has 0 saturated carbocycles. The first kappa shape index (κ1) is 13.3. The van der Waals surface area contributed by atoms with E-state index in [0.717, 1.165) is 5.76 Å². The normalized spacial score (nSPS) is 12.1. The zero-order chi connectivity index (χ0) is 12.7. The summed E-state index contributed by atoms with van der Waals surface area (Å²) in [5.41, 5.74) is 0. The van der Waals surface area contributed by atoms with Crippen LogP contribution >= 0.6 is 0 Å². The maximum atomic E-state index is 11.4. The number of rotatable bonds is 7. The molecule has 5 nitrogen and oxygen atoms in total. The standard InChI is InChI=1S/C12H17NO4/c1-9(8-12(15)16)7-11(14)13-5-4-10-3-2-6-17-10/h2-3,6,9H,4-5,7-8H2,1H3,(H,13,14)(H,15,16). The van der Waals surface area contributed by atoms with Gasteiger partial charge in [-0.25, -0.2) is 0 Å². The number of carboxylic acid groups (broad SMARTS) is 1. The van der Waals surface area contributed by atoms with Gasteiger partial charge in [0, 0.05) is 25.8 Å². The number of carboxylic acids is 1. The van der Waals surface area contributed by atoms with Gasteiger partial charge in [0.05, 0.1) is 6.26 Å². The van der Waals surface area contributed by atoms with Crippen LogP contribution < -0.4 is 5.32 Å². The molecule has 0 aromatic carbocycles. The van der Waals surface area contributed by atoms with E-state index in [1.807, 2.05) is 6.07 Å². The molecule has 1 heterocycles. The second-order valence-corrected chi connectivity index (χ2v) is 4.09. The second kappa shape index (κ2) is 6.73. The Balaban J connectivity index is 2.14. The SMILES string of the molecule is CC(CC(=O)O)CC(=O)NCCc1ccco1. The fraction of sp³-hybridized carbons (Fsp3) is 0.500. The van der Waals surface area contributed by atoms with Crippen molar-refractivity contribution < 1.29 is 19.1 Å². The van der Waals surface area contributed by atoms with Gasteiger partial charge in [-0.2, -0.15) is 0 Å². The Morgan fingerprint density at radius 2 is 2.24 bits per heavy atom. The van der Waals surface area contributed by atoms with Gasteiger partial charge in [-0.05, 0) is 18.1 Å². The van der Waals surface area contributed by atoms with Gasteiger partial charge in [0.15, 0.2) is 0 Å². The number of nitrogens with one attached hydrogen (secondary N) is 1. The van der Waals surface area contributed by atoms with Gasteiger partial charge in [0.2, 0.25) is 5.91 Å². The van der Waals surface area contributed by atoms with Gasteiger partial charge < -0.3 is 14.8 Å². The first-order valence-electron chi connectivity index (χ1n) is 5.59. The highest BCUT2D eigenvalue weighted by Gasteiger charge is 2.12. The van der Waals surface area contributed by atoms with Gasteiger partial charge in [0.25, 0.3) is 0 Å². The minimum Gasteiger partial charge on any atom is -0.481 e. The summed E-state index contributed by atoms with van der Waals surface area (Å²) in [6.07, 6.45) is 2.49. The highest BCUT2D eigenvalue weighted by Crippen LogP contribution is 2.07.